The Hall–Kier alpha value is -1.06. The molecule has 1 heterocycles. The summed E-state index contributed by atoms with van der Waals surface area (Å²) in [5, 5.41) is 4.10. The van der Waals surface area contributed by atoms with Crippen LogP contribution in [0.5, 0.6) is 0 Å². The smallest absolute Gasteiger partial charge is 0.224 e. The normalized spacial score (nSPS) is 22.0. The van der Waals surface area contributed by atoms with Crippen LogP contribution in [0.2, 0.25) is 5.02 Å². The van der Waals surface area contributed by atoms with Crippen LogP contribution in [0.1, 0.15) is 18.0 Å². The molecule has 1 aromatic rings. The number of nitrogens with one attached hydrogen (secondary N) is 1. The van der Waals surface area contributed by atoms with Gasteiger partial charge in [0.2, 0.25) is 5.91 Å². The van der Waals surface area contributed by atoms with Crippen molar-refractivity contribution in [1.29, 1.82) is 0 Å². The largest absolute Gasteiger partial charge is 0.344 e. The third-order valence-corrected chi connectivity index (χ3v) is 3.17. The third kappa shape index (κ3) is 2.54. The molecule has 1 atom stereocenters. The zero-order chi connectivity index (χ0) is 11.5. The van der Waals surface area contributed by atoms with Gasteiger partial charge in [0, 0.05) is 37.6 Å². The van der Waals surface area contributed by atoms with Crippen LogP contribution in [0, 0.1) is 0 Å². The zero-order valence-electron chi connectivity index (χ0n) is 9.24. The summed E-state index contributed by atoms with van der Waals surface area (Å²) in [6.45, 7) is 1.60. The molecule has 0 radical (unpaired) electrons. The Labute approximate surface area is 100 Å². The number of amides is 1. The van der Waals surface area contributed by atoms with Gasteiger partial charge >= 0.3 is 0 Å². The molecule has 0 aromatic heterocycles. The molecule has 1 amide bonds. The Morgan fingerprint density at radius 2 is 2.06 bits per heavy atom. The molecule has 1 fully saturated rings. The van der Waals surface area contributed by atoms with Crippen LogP contribution in [0.3, 0.4) is 0 Å². The lowest BCUT2D eigenvalue weighted by atomic mass is 10.0. The van der Waals surface area contributed by atoms with Crippen LogP contribution >= 0.6 is 11.6 Å². The van der Waals surface area contributed by atoms with Gasteiger partial charge < -0.3 is 10.2 Å². The van der Waals surface area contributed by atoms with Crippen LogP contribution in [0.25, 0.3) is 0 Å². The molecule has 16 heavy (non-hydrogen) atoms. The summed E-state index contributed by atoms with van der Waals surface area (Å²) in [4.78, 5) is 13.5. The van der Waals surface area contributed by atoms with E-state index in [2.05, 4.69) is 5.32 Å². The van der Waals surface area contributed by atoms with Crippen molar-refractivity contribution in [2.75, 3.05) is 20.1 Å². The molecule has 86 valence electrons. The number of benzene rings is 1. The van der Waals surface area contributed by atoms with Crippen LogP contribution in [-0.4, -0.2) is 30.9 Å². The van der Waals surface area contributed by atoms with Gasteiger partial charge in [-0.3, -0.25) is 4.79 Å². The second-order valence-corrected chi connectivity index (χ2v) is 4.51. The van der Waals surface area contributed by atoms with Gasteiger partial charge in [0.05, 0.1) is 0 Å². The first-order valence-corrected chi connectivity index (χ1v) is 5.77. The van der Waals surface area contributed by atoms with E-state index in [1.165, 1.54) is 0 Å². The highest BCUT2D eigenvalue weighted by Crippen LogP contribution is 2.21. The molecule has 3 nitrogen and oxygen atoms in total. The molecule has 2 rings (SSSR count). The van der Waals surface area contributed by atoms with E-state index in [4.69, 9.17) is 11.6 Å². The van der Waals surface area contributed by atoms with Crippen molar-refractivity contribution in [3.63, 3.8) is 0 Å². The Kier molecular flexibility index (Phi) is 3.46. The monoisotopic (exact) mass is 238 g/mol. The minimum absolute atomic E-state index is 0.106. The summed E-state index contributed by atoms with van der Waals surface area (Å²) >= 11 is 5.84. The lowest BCUT2D eigenvalue weighted by Gasteiger charge is -2.15. The molecule has 0 saturated carbocycles. The summed E-state index contributed by atoms with van der Waals surface area (Å²) in [6, 6.07) is 7.77. The fourth-order valence-electron chi connectivity index (χ4n) is 1.86. The lowest BCUT2D eigenvalue weighted by molar-refractivity contribution is -0.129. The topological polar surface area (TPSA) is 32.3 Å². The number of halogens is 1. The third-order valence-electron chi connectivity index (χ3n) is 2.91. The van der Waals surface area contributed by atoms with Crippen molar-refractivity contribution in [2.24, 2.45) is 0 Å². The molecule has 1 N–H and O–H groups in total. The second-order valence-electron chi connectivity index (χ2n) is 4.08. The maximum absolute atomic E-state index is 11.7. The number of likely N-dealkylation sites (N-methyl/N-ethyl adjacent to an activating group) is 1. The van der Waals surface area contributed by atoms with E-state index in [-0.39, 0.29) is 11.9 Å². The van der Waals surface area contributed by atoms with Gasteiger partial charge in [0.25, 0.3) is 0 Å². The quantitative estimate of drug-likeness (QED) is 0.810. The van der Waals surface area contributed by atoms with Crippen molar-refractivity contribution < 1.29 is 4.79 Å². The van der Waals surface area contributed by atoms with Gasteiger partial charge in [-0.1, -0.05) is 23.7 Å². The predicted octanol–water partition coefficient (Wildman–Crippen LogP) is 1.83. The molecular formula is C12H15ClN2O. The number of nitrogens with zero attached hydrogens (tertiary/aromatic N) is 1. The Morgan fingerprint density at radius 1 is 1.38 bits per heavy atom. The van der Waals surface area contributed by atoms with Gasteiger partial charge in [-0.05, 0) is 17.7 Å². The van der Waals surface area contributed by atoms with Crippen molar-refractivity contribution in [3.8, 4) is 0 Å². The van der Waals surface area contributed by atoms with Crippen LogP contribution < -0.4 is 5.32 Å². The highest BCUT2D eigenvalue weighted by Gasteiger charge is 2.21. The van der Waals surface area contributed by atoms with Gasteiger partial charge in [-0.15, -0.1) is 0 Å². The lowest BCUT2D eigenvalue weighted by Crippen LogP contribution is -2.27. The van der Waals surface area contributed by atoms with E-state index in [1.54, 1.807) is 4.90 Å². The van der Waals surface area contributed by atoms with E-state index in [1.807, 2.05) is 31.3 Å². The highest BCUT2D eigenvalue weighted by atomic mass is 35.5. The standard InChI is InChI=1S/C12H15ClN2O/c1-15-7-6-14-11(8-12(15)16)9-2-4-10(13)5-3-9/h2-5,11,14H,6-8H2,1H3. The average molecular weight is 239 g/mol. The fraction of sp³-hybridized carbons (Fsp3) is 0.417. The minimum atomic E-state index is 0.106. The number of carbonyl (C=O) groups excluding carboxylic acids is 1. The SMILES string of the molecule is CN1CCNC(c2ccc(Cl)cc2)CC1=O. The molecule has 1 saturated heterocycles. The average Bonchev–Trinajstić information content (AvgIpc) is 2.43. The zero-order valence-corrected chi connectivity index (χ0v) is 10.00. The molecule has 1 aromatic carbocycles. The Balaban J connectivity index is 2.14. The summed E-state index contributed by atoms with van der Waals surface area (Å²) < 4.78 is 0. The van der Waals surface area contributed by atoms with E-state index < -0.39 is 0 Å². The molecule has 4 heteroatoms. The van der Waals surface area contributed by atoms with E-state index >= 15 is 0 Å². The van der Waals surface area contributed by atoms with E-state index in [0.29, 0.717) is 6.42 Å². The van der Waals surface area contributed by atoms with Crippen LogP contribution in [0.15, 0.2) is 24.3 Å². The molecule has 0 bridgehead atoms. The molecule has 0 spiro atoms. The van der Waals surface area contributed by atoms with Gasteiger partial charge in [-0.25, -0.2) is 0 Å². The maximum Gasteiger partial charge on any atom is 0.224 e. The first-order chi connectivity index (χ1) is 7.66. The summed E-state index contributed by atoms with van der Waals surface area (Å²) in [7, 11) is 1.84. The highest BCUT2D eigenvalue weighted by molar-refractivity contribution is 6.30. The molecular weight excluding hydrogens is 224 g/mol. The fourth-order valence-corrected chi connectivity index (χ4v) is 1.99. The summed E-state index contributed by atoms with van der Waals surface area (Å²) in [6.07, 6.45) is 0.512. The van der Waals surface area contributed by atoms with Crippen molar-refractivity contribution in [1.82, 2.24) is 10.2 Å². The van der Waals surface area contributed by atoms with Gasteiger partial charge in [0.15, 0.2) is 0 Å². The van der Waals surface area contributed by atoms with Gasteiger partial charge in [0.1, 0.15) is 0 Å². The van der Waals surface area contributed by atoms with Gasteiger partial charge in [-0.2, -0.15) is 0 Å². The molecule has 1 aliphatic rings. The molecule has 0 aliphatic carbocycles. The Bertz CT molecular complexity index is 377. The minimum Gasteiger partial charge on any atom is -0.344 e. The number of hydrogen-bond donors (Lipinski definition) is 1. The summed E-state index contributed by atoms with van der Waals surface area (Å²) in [5.41, 5.74) is 1.12. The van der Waals surface area contributed by atoms with Crippen molar-refractivity contribution in [2.45, 2.75) is 12.5 Å². The maximum atomic E-state index is 11.7. The number of rotatable bonds is 1. The predicted molar refractivity (Wildman–Crippen MR) is 64.4 cm³/mol. The first kappa shape index (κ1) is 11.4. The molecule has 1 aliphatic heterocycles. The van der Waals surface area contributed by atoms with E-state index in [9.17, 15) is 4.79 Å². The van der Waals surface area contributed by atoms with Crippen molar-refractivity contribution in [3.05, 3.63) is 34.9 Å². The number of carbonyl (C=O) groups is 1. The summed E-state index contributed by atoms with van der Waals surface area (Å²) in [5.74, 6) is 0.185. The Morgan fingerprint density at radius 3 is 2.75 bits per heavy atom. The number of hydrogen-bond acceptors (Lipinski definition) is 2. The molecule has 1 unspecified atom stereocenters. The van der Waals surface area contributed by atoms with E-state index in [0.717, 1.165) is 23.7 Å². The second kappa shape index (κ2) is 4.85. The first-order valence-electron chi connectivity index (χ1n) is 5.39. The van der Waals surface area contributed by atoms with Crippen LogP contribution in [0.4, 0.5) is 0 Å². The van der Waals surface area contributed by atoms with Crippen LogP contribution in [-0.2, 0) is 4.79 Å². The van der Waals surface area contributed by atoms with Crippen molar-refractivity contribution >= 4 is 17.5 Å².